The van der Waals surface area contributed by atoms with Gasteiger partial charge in [-0.1, -0.05) is 67.2 Å². The molecule has 0 radical (unpaired) electrons. The summed E-state index contributed by atoms with van der Waals surface area (Å²) in [5.41, 5.74) is 1.75. The summed E-state index contributed by atoms with van der Waals surface area (Å²) in [7, 11) is -4.18. The number of hydrogen-bond donors (Lipinski definition) is 1. The molecule has 0 aliphatic heterocycles. The van der Waals surface area contributed by atoms with Gasteiger partial charge in [0.05, 0.1) is 17.2 Å². The number of unbranched alkanes of at least 4 members (excludes halogenated alkanes) is 1. The predicted molar refractivity (Wildman–Crippen MR) is 172 cm³/mol. The van der Waals surface area contributed by atoms with Crippen LogP contribution in [0.4, 0.5) is 5.69 Å². The van der Waals surface area contributed by atoms with Crippen molar-refractivity contribution < 1.29 is 22.7 Å². The molecule has 8 nitrogen and oxygen atoms in total. The Kier molecular flexibility index (Phi) is 12.7. The summed E-state index contributed by atoms with van der Waals surface area (Å²) in [5.74, 6) is -0.310. The first-order chi connectivity index (χ1) is 20.5. The van der Waals surface area contributed by atoms with Crippen molar-refractivity contribution in [3.05, 3.63) is 87.9 Å². The molecule has 3 aromatic carbocycles. The SMILES string of the molecule is CCCCNC(=O)[C@H](CC)N(Cc1ccc(Cl)cc1Cl)C(=O)CN(c1ccc(OCC)cc1)S(=O)(=O)c1ccc(C)cc1. The minimum atomic E-state index is -4.18. The fraction of sp³-hybridized carbons (Fsp3) is 0.375. The first-order valence-electron chi connectivity index (χ1n) is 14.3. The Bertz CT molecular complexity index is 1480. The number of aryl methyl sites for hydroxylation is 1. The summed E-state index contributed by atoms with van der Waals surface area (Å²) in [6, 6.07) is 17.0. The van der Waals surface area contributed by atoms with Gasteiger partial charge in [0.1, 0.15) is 18.3 Å². The maximum absolute atomic E-state index is 14.2. The number of carbonyl (C=O) groups is 2. The van der Waals surface area contributed by atoms with Gasteiger partial charge in [-0.2, -0.15) is 0 Å². The predicted octanol–water partition coefficient (Wildman–Crippen LogP) is 6.62. The molecular formula is C32H39Cl2N3O5S. The van der Waals surface area contributed by atoms with Crippen LogP contribution in [-0.4, -0.2) is 50.9 Å². The Balaban J connectivity index is 2.06. The molecule has 0 aliphatic rings. The maximum Gasteiger partial charge on any atom is 0.264 e. The number of nitrogens with one attached hydrogen (secondary N) is 1. The minimum Gasteiger partial charge on any atom is -0.494 e. The van der Waals surface area contributed by atoms with Crippen LogP contribution in [-0.2, 0) is 26.2 Å². The van der Waals surface area contributed by atoms with Crippen molar-refractivity contribution in [1.82, 2.24) is 10.2 Å². The molecule has 0 saturated heterocycles. The van der Waals surface area contributed by atoms with Crippen LogP contribution in [0, 0.1) is 6.92 Å². The molecular weight excluding hydrogens is 609 g/mol. The number of halogens is 2. The monoisotopic (exact) mass is 647 g/mol. The van der Waals surface area contributed by atoms with Crippen molar-refractivity contribution in [3.8, 4) is 5.75 Å². The van der Waals surface area contributed by atoms with E-state index in [0.29, 0.717) is 40.9 Å². The van der Waals surface area contributed by atoms with E-state index >= 15 is 0 Å². The highest BCUT2D eigenvalue weighted by Gasteiger charge is 2.34. The standard InChI is InChI=1S/C32H39Cl2N3O5S/c1-5-8-19-35-32(39)30(6-2)36(21-24-11-12-25(33)20-29(24)34)31(38)22-37(26-13-15-27(16-14-26)42-7-3)43(40,41)28-17-9-23(4)10-18-28/h9-18,20,30H,5-8,19,21-22H2,1-4H3,(H,35,39)/t30-/m0/s1. The number of rotatable bonds is 15. The van der Waals surface area contributed by atoms with Crippen molar-refractivity contribution in [2.75, 3.05) is 24.0 Å². The second-order valence-electron chi connectivity index (χ2n) is 10.1. The molecule has 1 atom stereocenters. The average molecular weight is 649 g/mol. The quantitative estimate of drug-likeness (QED) is 0.187. The molecule has 0 unspecified atom stereocenters. The topological polar surface area (TPSA) is 96.0 Å². The van der Waals surface area contributed by atoms with Gasteiger partial charge in [0, 0.05) is 23.1 Å². The van der Waals surface area contributed by atoms with E-state index in [2.05, 4.69) is 5.32 Å². The van der Waals surface area contributed by atoms with Crippen LogP contribution in [0.5, 0.6) is 5.75 Å². The van der Waals surface area contributed by atoms with E-state index in [9.17, 15) is 18.0 Å². The second-order valence-corrected chi connectivity index (χ2v) is 12.8. The molecule has 3 rings (SSSR count). The lowest BCUT2D eigenvalue weighted by Gasteiger charge is -2.33. The summed E-state index contributed by atoms with van der Waals surface area (Å²) < 4.78 is 34.6. The highest BCUT2D eigenvalue weighted by atomic mass is 35.5. The Morgan fingerprint density at radius 1 is 0.953 bits per heavy atom. The lowest BCUT2D eigenvalue weighted by Crippen LogP contribution is -2.52. The number of ether oxygens (including phenoxy) is 1. The van der Waals surface area contributed by atoms with E-state index in [1.54, 1.807) is 61.5 Å². The largest absolute Gasteiger partial charge is 0.494 e. The molecule has 43 heavy (non-hydrogen) atoms. The molecule has 0 heterocycles. The number of amides is 2. The van der Waals surface area contributed by atoms with E-state index < -0.39 is 28.5 Å². The van der Waals surface area contributed by atoms with Crippen LogP contribution >= 0.6 is 23.2 Å². The van der Waals surface area contributed by atoms with Gasteiger partial charge in [-0.25, -0.2) is 8.42 Å². The molecule has 0 spiro atoms. The van der Waals surface area contributed by atoms with Crippen LogP contribution in [0.15, 0.2) is 71.6 Å². The highest BCUT2D eigenvalue weighted by Crippen LogP contribution is 2.28. The van der Waals surface area contributed by atoms with E-state index in [1.807, 2.05) is 20.8 Å². The third kappa shape index (κ3) is 9.11. The van der Waals surface area contributed by atoms with Crippen molar-refractivity contribution in [1.29, 1.82) is 0 Å². The normalized spacial score (nSPS) is 12.0. The van der Waals surface area contributed by atoms with Gasteiger partial charge in [0.2, 0.25) is 11.8 Å². The summed E-state index contributed by atoms with van der Waals surface area (Å²) in [6.07, 6.45) is 2.00. The molecule has 0 saturated carbocycles. The smallest absolute Gasteiger partial charge is 0.264 e. The zero-order valence-corrected chi connectivity index (χ0v) is 27.3. The second kappa shape index (κ2) is 16.0. The van der Waals surface area contributed by atoms with E-state index in [4.69, 9.17) is 27.9 Å². The van der Waals surface area contributed by atoms with E-state index in [-0.39, 0.29) is 23.0 Å². The van der Waals surface area contributed by atoms with E-state index in [0.717, 1.165) is 22.7 Å². The first-order valence-corrected chi connectivity index (χ1v) is 16.5. The number of carbonyl (C=O) groups excluding carboxylic acids is 2. The van der Waals surface area contributed by atoms with Crippen LogP contribution in [0.25, 0.3) is 0 Å². The van der Waals surface area contributed by atoms with Gasteiger partial charge in [0.25, 0.3) is 10.0 Å². The van der Waals surface area contributed by atoms with Gasteiger partial charge < -0.3 is 15.0 Å². The van der Waals surface area contributed by atoms with Crippen LogP contribution < -0.4 is 14.4 Å². The fourth-order valence-electron chi connectivity index (χ4n) is 4.50. The Morgan fingerprint density at radius 2 is 1.63 bits per heavy atom. The highest BCUT2D eigenvalue weighted by molar-refractivity contribution is 7.92. The molecule has 0 fully saturated rings. The Labute approximate surface area is 265 Å². The first kappa shape index (κ1) is 34.2. The maximum atomic E-state index is 14.2. The summed E-state index contributed by atoms with van der Waals surface area (Å²) in [6.45, 7) is 7.89. The van der Waals surface area contributed by atoms with Crippen LogP contribution in [0.1, 0.15) is 51.2 Å². The van der Waals surface area contributed by atoms with Crippen molar-refractivity contribution in [3.63, 3.8) is 0 Å². The summed E-state index contributed by atoms with van der Waals surface area (Å²) in [4.78, 5) is 28.9. The Hall–Kier alpha value is -3.27. The van der Waals surface area contributed by atoms with Gasteiger partial charge in [-0.15, -0.1) is 0 Å². The number of nitrogens with zero attached hydrogens (tertiary/aromatic N) is 2. The van der Waals surface area contributed by atoms with E-state index in [1.165, 1.54) is 17.0 Å². The molecule has 2 amide bonds. The van der Waals surface area contributed by atoms with Gasteiger partial charge in [-0.3, -0.25) is 13.9 Å². The average Bonchev–Trinajstić information content (AvgIpc) is 2.97. The lowest BCUT2D eigenvalue weighted by atomic mass is 10.1. The number of sulfonamides is 1. The molecule has 0 aromatic heterocycles. The van der Waals surface area contributed by atoms with Crippen LogP contribution in [0.3, 0.4) is 0 Å². The van der Waals surface area contributed by atoms with Gasteiger partial charge >= 0.3 is 0 Å². The number of hydrogen-bond acceptors (Lipinski definition) is 5. The van der Waals surface area contributed by atoms with Crippen molar-refractivity contribution >= 4 is 50.7 Å². The molecule has 0 aliphatic carbocycles. The van der Waals surface area contributed by atoms with Crippen molar-refractivity contribution in [2.24, 2.45) is 0 Å². The summed E-state index contributed by atoms with van der Waals surface area (Å²) in [5, 5.41) is 3.68. The van der Waals surface area contributed by atoms with Crippen molar-refractivity contribution in [2.45, 2.75) is 64.4 Å². The van der Waals surface area contributed by atoms with Gasteiger partial charge in [0.15, 0.2) is 0 Å². The molecule has 11 heteroatoms. The zero-order valence-electron chi connectivity index (χ0n) is 25.0. The molecule has 0 bridgehead atoms. The number of benzene rings is 3. The van der Waals surface area contributed by atoms with Gasteiger partial charge in [-0.05, 0) is 80.8 Å². The minimum absolute atomic E-state index is 0.0176. The third-order valence-corrected chi connectivity index (χ3v) is 9.27. The molecule has 1 N–H and O–H groups in total. The molecule has 232 valence electrons. The summed E-state index contributed by atoms with van der Waals surface area (Å²) >= 11 is 12.6. The third-order valence-electron chi connectivity index (χ3n) is 6.89. The van der Waals surface area contributed by atoms with Crippen LogP contribution in [0.2, 0.25) is 10.0 Å². The lowest BCUT2D eigenvalue weighted by molar-refractivity contribution is -0.140. The zero-order chi connectivity index (χ0) is 31.6. The molecule has 3 aromatic rings. The number of anilines is 1. The fourth-order valence-corrected chi connectivity index (χ4v) is 6.38. The Morgan fingerprint density at radius 3 is 2.21 bits per heavy atom.